The molecule has 0 radical (unpaired) electrons. The molecule has 2 N–H and O–H groups in total. The highest BCUT2D eigenvalue weighted by atomic mass is 32.2. The number of nitrogens with one attached hydrogen (secondary N) is 2. The Morgan fingerprint density at radius 1 is 1.18 bits per heavy atom. The Morgan fingerprint density at radius 3 is 2.80 bits per heavy atom. The van der Waals surface area contributed by atoms with E-state index >= 15 is 0 Å². The van der Waals surface area contributed by atoms with E-state index in [0.717, 1.165) is 16.5 Å². The van der Waals surface area contributed by atoms with Gasteiger partial charge in [0.15, 0.2) is 6.79 Å². The van der Waals surface area contributed by atoms with Crippen LogP contribution in [0.25, 0.3) is 16.6 Å². The maximum atomic E-state index is 13.8. The molecule has 2 aliphatic heterocycles. The van der Waals surface area contributed by atoms with Crippen molar-refractivity contribution in [3.63, 3.8) is 0 Å². The molecule has 0 saturated carbocycles. The number of aromatic nitrogens is 2. The lowest BCUT2D eigenvalue weighted by Gasteiger charge is -2.28. The van der Waals surface area contributed by atoms with Crippen molar-refractivity contribution in [2.24, 2.45) is 0 Å². The highest BCUT2D eigenvalue weighted by molar-refractivity contribution is 7.91. The minimum absolute atomic E-state index is 0.0905. The molecule has 3 aromatic carbocycles. The summed E-state index contributed by atoms with van der Waals surface area (Å²) in [5.41, 5.74) is 3.35. The molecule has 1 fully saturated rings. The number of ether oxygens (including phenoxy) is 3. The van der Waals surface area contributed by atoms with Crippen molar-refractivity contribution < 1.29 is 37.1 Å². The molecule has 6 rings (SSSR count). The van der Waals surface area contributed by atoms with Crippen molar-refractivity contribution in [3.05, 3.63) is 83.6 Å². The van der Waals surface area contributed by atoms with Crippen LogP contribution in [0.2, 0.25) is 0 Å². The Hall–Kier alpha value is -4.20. The summed E-state index contributed by atoms with van der Waals surface area (Å²) in [5.74, 6) is -3.12. The quantitative estimate of drug-likeness (QED) is 0.260. The molecule has 2 aliphatic rings. The minimum atomic E-state index is -3.56. The summed E-state index contributed by atoms with van der Waals surface area (Å²) in [6.07, 6.45) is 1.51. The molecule has 4 aromatic rings. The first-order valence-corrected chi connectivity index (χ1v) is 16.0. The lowest BCUT2D eigenvalue weighted by Crippen LogP contribution is -2.46. The van der Waals surface area contributed by atoms with Crippen LogP contribution in [-0.4, -0.2) is 62.5 Å². The maximum absolute atomic E-state index is 13.8. The number of rotatable bonds is 9. The van der Waals surface area contributed by atoms with Crippen LogP contribution in [0.1, 0.15) is 47.9 Å². The van der Waals surface area contributed by atoms with Crippen molar-refractivity contribution in [1.29, 1.82) is 0 Å². The summed E-state index contributed by atoms with van der Waals surface area (Å²) in [6, 6.07) is 16.8. The van der Waals surface area contributed by atoms with Crippen LogP contribution in [0.15, 0.2) is 66.9 Å². The Kier molecular flexibility index (Phi) is 8.67. The third-order valence-electron chi connectivity index (χ3n) is 7.76. The predicted molar refractivity (Wildman–Crippen MR) is 163 cm³/mol. The van der Waals surface area contributed by atoms with Crippen LogP contribution < -0.4 is 20.1 Å². The van der Waals surface area contributed by atoms with E-state index in [2.05, 4.69) is 15.7 Å². The summed E-state index contributed by atoms with van der Waals surface area (Å²) in [7, 11) is 0. The van der Waals surface area contributed by atoms with Gasteiger partial charge in [-0.25, -0.2) is 4.68 Å². The van der Waals surface area contributed by atoms with Gasteiger partial charge in [-0.1, -0.05) is 29.4 Å². The molecule has 3 heterocycles. The minimum Gasteiger partial charge on any atom is -0.616 e. The largest absolute Gasteiger partial charge is 0.616 e. The molecular weight excluding hydrogens is 606 g/mol. The Bertz CT molecular complexity index is 1730. The van der Waals surface area contributed by atoms with Crippen molar-refractivity contribution in [1.82, 2.24) is 20.4 Å². The Labute approximate surface area is 261 Å². The monoisotopic (exact) mass is 638 g/mol. The number of carbonyl (C=O) groups is 2. The number of benzene rings is 3. The lowest BCUT2D eigenvalue weighted by atomic mass is 10.00. The van der Waals surface area contributed by atoms with E-state index in [0.29, 0.717) is 59.8 Å². The van der Waals surface area contributed by atoms with Crippen molar-refractivity contribution in [2.45, 2.75) is 51.0 Å². The molecular formula is C32H32F2N4O6S. The van der Waals surface area contributed by atoms with Crippen LogP contribution >= 0.6 is 0 Å². The molecule has 13 heteroatoms. The Morgan fingerprint density at radius 2 is 2.02 bits per heavy atom. The average Bonchev–Trinajstić information content (AvgIpc) is 3.64. The summed E-state index contributed by atoms with van der Waals surface area (Å²) < 4.78 is 58.2. The van der Waals surface area contributed by atoms with Gasteiger partial charge in [-0.2, -0.15) is 13.9 Å². The van der Waals surface area contributed by atoms with Gasteiger partial charge in [0.2, 0.25) is 0 Å². The normalized spacial score (nSPS) is 19.3. The second-order valence-corrected chi connectivity index (χ2v) is 12.9. The van der Waals surface area contributed by atoms with Gasteiger partial charge in [0.1, 0.15) is 29.1 Å². The summed E-state index contributed by atoms with van der Waals surface area (Å²) in [6.45, 7) is 2.62. The van der Waals surface area contributed by atoms with Gasteiger partial charge in [0.05, 0.1) is 36.1 Å². The second kappa shape index (κ2) is 12.7. The maximum Gasteiger partial charge on any atom is 0.321 e. The van der Waals surface area contributed by atoms with Gasteiger partial charge in [0.25, 0.3) is 11.8 Å². The van der Waals surface area contributed by atoms with E-state index in [-0.39, 0.29) is 18.7 Å². The summed E-state index contributed by atoms with van der Waals surface area (Å²) in [4.78, 5) is 25.0. The van der Waals surface area contributed by atoms with E-state index in [4.69, 9.17) is 14.2 Å². The van der Waals surface area contributed by atoms with Crippen molar-refractivity contribution in [2.75, 3.05) is 18.3 Å². The molecule has 2 amide bonds. The number of alkyl halides is 2. The number of halogens is 2. The van der Waals surface area contributed by atoms with E-state index in [1.54, 1.807) is 60.3 Å². The van der Waals surface area contributed by atoms with Gasteiger partial charge in [0, 0.05) is 29.9 Å². The fraction of sp³-hybridized carbons (Fsp3) is 0.344. The SMILES string of the molecule is C[C@H](NC(=O)C(C)(F)F)[C@H](Oc1ccc2c(cnn2-c2cccc(C(=O)NC3CC[S+]([O-])C3)c2)c1)c1ccc2c(c1)OCOC2. The first-order valence-electron chi connectivity index (χ1n) is 14.5. The molecule has 236 valence electrons. The number of carbonyl (C=O) groups excluding carboxylic acids is 2. The van der Waals surface area contributed by atoms with Crippen LogP contribution in [0.4, 0.5) is 8.78 Å². The smallest absolute Gasteiger partial charge is 0.321 e. The fourth-order valence-electron chi connectivity index (χ4n) is 5.39. The number of nitrogens with zero attached hydrogens (tertiary/aromatic N) is 2. The van der Waals surface area contributed by atoms with Gasteiger partial charge in [-0.3, -0.25) is 9.59 Å². The van der Waals surface area contributed by atoms with Gasteiger partial charge >= 0.3 is 5.92 Å². The number of hydrogen-bond donors (Lipinski definition) is 2. The van der Waals surface area contributed by atoms with E-state index in [1.165, 1.54) is 0 Å². The number of amides is 2. The third kappa shape index (κ3) is 6.90. The highest BCUT2D eigenvalue weighted by Crippen LogP contribution is 2.33. The van der Waals surface area contributed by atoms with E-state index in [1.807, 2.05) is 18.2 Å². The van der Waals surface area contributed by atoms with Crippen LogP contribution in [0.5, 0.6) is 11.5 Å². The number of fused-ring (bicyclic) bond motifs is 2. The van der Waals surface area contributed by atoms with Gasteiger partial charge in [-0.05, 0) is 55.0 Å². The van der Waals surface area contributed by atoms with E-state index < -0.39 is 35.2 Å². The van der Waals surface area contributed by atoms with Gasteiger partial charge in [-0.15, -0.1) is 0 Å². The van der Waals surface area contributed by atoms with Crippen LogP contribution in [-0.2, 0) is 27.3 Å². The second-order valence-electron chi connectivity index (χ2n) is 11.3. The van der Waals surface area contributed by atoms with Crippen molar-refractivity contribution in [3.8, 4) is 17.2 Å². The topological polar surface area (TPSA) is 127 Å². The first-order chi connectivity index (χ1) is 21.5. The number of hydrogen-bond acceptors (Lipinski definition) is 7. The molecule has 45 heavy (non-hydrogen) atoms. The molecule has 10 nitrogen and oxygen atoms in total. The average molecular weight is 639 g/mol. The molecule has 4 atom stereocenters. The zero-order valence-electron chi connectivity index (χ0n) is 24.6. The molecule has 0 spiro atoms. The van der Waals surface area contributed by atoms with Crippen molar-refractivity contribution >= 4 is 33.9 Å². The molecule has 0 aliphatic carbocycles. The van der Waals surface area contributed by atoms with Crippen LogP contribution in [0.3, 0.4) is 0 Å². The highest BCUT2D eigenvalue weighted by Gasteiger charge is 2.35. The zero-order chi connectivity index (χ0) is 31.7. The fourth-order valence-corrected chi connectivity index (χ4v) is 6.80. The standard InChI is InChI=1S/C32H32F2N4O6S/c1-19(36-31(40)32(2,33)34)29(20-6-7-22-16-42-18-43-28(22)14-20)44-26-8-9-27-23(13-26)15-35-38(27)25-5-3-4-21(12-25)30(39)37-24-10-11-45(41)17-24/h3-9,12-15,19,24,29H,10-11,16-18H2,1-2H3,(H,36,40)(H,37,39)/t19-,24?,29-,45?/m0/s1. The van der Waals surface area contributed by atoms with Crippen LogP contribution in [0, 0.1) is 0 Å². The van der Waals surface area contributed by atoms with E-state index in [9.17, 15) is 22.9 Å². The third-order valence-corrected chi connectivity index (χ3v) is 9.22. The summed E-state index contributed by atoms with van der Waals surface area (Å²) >= 11 is -0.895. The molecule has 2 unspecified atom stereocenters. The molecule has 0 bridgehead atoms. The van der Waals surface area contributed by atoms with Gasteiger partial charge < -0.3 is 29.4 Å². The first kappa shape index (κ1) is 30.8. The molecule has 1 aromatic heterocycles. The zero-order valence-corrected chi connectivity index (χ0v) is 25.4. The Balaban J connectivity index is 1.25. The predicted octanol–water partition coefficient (Wildman–Crippen LogP) is 4.42. The lowest BCUT2D eigenvalue weighted by molar-refractivity contribution is -0.144. The molecule has 1 saturated heterocycles. The summed E-state index contributed by atoms with van der Waals surface area (Å²) in [5, 5.41) is 10.6.